The van der Waals surface area contributed by atoms with Gasteiger partial charge in [0, 0.05) is 49.6 Å². The average Bonchev–Trinajstić information content (AvgIpc) is 2.64. The zero-order chi connectivity index (χ0) is 18.7. The number of hydrogen-bond donors (Lipinski definition) is 2. The Bertz CT molecular complexity index is 840. The van der Waals surface area contributed by atoms with Gasteiger partial charge in [0.25, 0.3) is 5.56 Å². The fraction of sp³-hybridized carbons (Fsp3) is 0.444. The number of phenolic OH excluding ortho intramolecular Hbond substituents is 1. The normalized spacial score (nSPS) is 17.3. The van der Waals surface area contributed by atoms with Crippen LogP contribution in [-0.4, -0.2) is 40.9 Å². The molecule has 7 nitrogen and oxygen atoms in total. The number of halogens is 1. The first-order chi connectivity index (χ1) is 12.5. The topological polar surface area (TPSA) is 79.6 Å². The number of methoxy groups -OCH3 is 1. The van der Waals surface area contributed by atoms with Gasteiger partial charge in [-0.1, -0.05) is 15.9 Å². The number of benzene rings is 1. The summed E-state index contributed by atoms with van der Waals surface area (Å²) in [5.41, 5.74) is 0.880. The van der Waals surface area contributed by atoms with Gasteiger partial charge in [-0.25, -0.2) is 4.98 Å². The molecule has 1 aliphatic rings. The molecular weight excluding hydrogens is 400 g/mol. The predicted octanol–water partition coefficient (Wildman–Crippen LogP) is 2.02. The van der Waals surface area contributed by atoms with Crippen molar-refractivity contribution >= 4 is 21.7 Å². The average molecular weight is 423 g/mol. The molecule has 1 fully saturated rings. The van der Waals surface area contributed by atoms with E-state index < -0.39 is 0 Å². The standard InChI is InChI=1S/C18H23BrN4O3/c1-22-7-5-20-17(18(22)25)23-6-3-4-13(11-23)21-10-12-8-15(24)16(26-2)9-14(12)19/h5,7-9,13,21,24H,3-4,6,10-11H2,1-2H3/t13-/m1/s1. The molecule has 0 unspecified atom stereocenters. The van der Waals surface area contributed by atoms with E-state index in [2.05, 4.69) is 26.2 Å². The summed E-state index contributed by atoms with van der Waals surface area (Å²) in [7, 11) is 3.26. The lowest BCUT2D eigenvalue weighted by atomic mass is 10.1. The van der Waals surface area contributed by atoms with Gasteiger partial charge in [0.1, 0.15) is 0 Å². The summed E-state index contributed by atoms with van der Waals surface area (Å²) in [6.07, 6.45) is 5.35. The highest BCUT2D eigenvalue weighted by Crippen LogP contribution is 2.32. The third-order valence-electron chi connectivity index (χ3n) is 4.65. The first kappa shape index (κ1) is 18.7. The van der Waals surface area contributed by atoms with Crippen molar-refractivity contribution in [2.24, 2.45) is 7.05 Å². The molecule has 2 N–H and O–H groups in total. The van der Waals surface area contributed by atoms with Crippen LogP contribution in [0.4, 0.5) is 5.82 Å². The number of rotatable bonds is 5. The lowest BCUT2D eigenvalue weighted by Gasteiger charge is -2.33. The minimum absolute atomic E-state index is 0.0732. The zero-order valence-electron chi connectivity index (χ0n) is 14.9. The SMILES string of the molecule is COc1cc(Br)c(CN[C@@H]2CCCN(c3nccn(C)c3=O)C2)cc1O. The number of nitrogens with one attached hydrogen (secondary N) is 1. The van der Waals surface area contributed by atoms with Crippen molar-refractivity contribution < 1.29 is 9.84 Å². The van der Waals surface area contributed by atoms with E-state index in [1.165, 1.54) is 7.11 Å². The summed E-state index contributed by atoms with van der Waals surface area (Å²) in [5, 5.41) is 13.5. The molecule has 1 atom stereocenters. The highest BCUT2D eigenvalue weighted by molar-refractivity contribution is 9.10. The van der Waals surface area contributed by atoms with Crippen molar-refractivity contribution in [1.82, 2.24) is 14.9 Å². The van der Waals surface area contributed by atoms with Gasteiger partial charge >= 0.3 is 0 Å². The third-order valence-corrected chi connectivity index (χ3v) is 5.39. The number of phenols is 1. The van der Waals surface area contributed by atoms with Crippen LogP contribution in [0.2, 0.25) is 0 Å². The number of aryl methyl sites for hydroxylation is 1. The molecule has 0 aliphatic carbocycles. The summed E-state index contributed by atoms with van der Waals surface area (Å²) in [6.45, 7) is 2.17. The van der Waals surface area contributed by atoms with Gasteiger partial charge in [0.2, 0.25) is 0 Å². The van der Waals surface area contributed by atoms with Crippen LogP contribution in [0.25, 0.3) is 0 Å². The molecule has 8 heteroatoms. The van der Waals surface area contributed by atoms with Crippen LogP contribution in [0.3, 0.4) is 0 Å². The summed E-state index contributed by atoms with van der Waals surface area (Å²) >= 11 is 3.52. The van der Waals surface area contributed by atoms with Crippen LogP contribution in [0.1, 0.15) is 18.4 Å². The van der Waals surface area contributed by atoms with E-state index in [-0.39, 0.29) is 17.4 Å². The first-order valence-corrected chi connectivity index (χ1v) is 9.34. The summed E-state index contributed by atoms with van der Waals surface area (Å²) in [4.78, 5) is 18.6. The molecule has 140 valence electrons. The summed E-state index contributed by atoms with van der Waals surface area (Å²) in [5.74, 6) is 1.06. The van der Waals surface area contributed by atoms with E-state index in [0.29, 0.717) is 18.1 Å². The second-order valence-corrected chi connectivity index (χ2v) is 7.30. The van der Waals surface area contributed by atoms with Crippen molar-refractivity contribution in [2.75, 3.05) is 25.1 Å². The van der Waals surface area contributed by atoms with Crippen molar-refractivity contribution in [3.05, 3.63) is 44.9 Å². The first-order valence-electron chi connectivity index (χ1n) is 8.55. The van der Waals surface area contributed by atoms with Gasteiger partial charge in [0.15, 0.2) is 17.3 Å². The van der Waals surface area contributed by atoms with Crippen molar-refractivity contribution in [3.63, 3.8) is 0 Å². The minimum Gasteiger partial charge on any atom is -0.504 e. The van der Waals surface area contributed by atoms with E-state index in [9.17, 15) is 9.90 Å². The Hall–Kier alpha value is -2.06. The molecule has 0 radical (unpaired) electrons. The predicted molar refractivity (Wildman–Crippen MR) is 104 cm³/mol. The fourth-order valence-electron chi connectivity index (χ4n) is 3.18. The van der Waals surface area contributed by atoms with E-state index in [1.54, 1.807) is 36.1 Å². The smallest absolute Gasteiger partial charge is 0.293 e. The molecule has 26 heavy (non-hydrogen) atoms. The maximum atomic E-state index is 12.3. The Morgan fingerprint density at radius 1 is 1.46 bits per heavy atom. The fourth-order valence-corrected chi connectivity index (χ4v) is 3.64. The Morgan fingerprint density at radius 2 is 2.27 bits per heavy atom. The highest BCUT2D eigenvalue weighted by atomic mass is 79.9. The number of aromatic nitrogens is 2. The Balaban J connectivity index is 1.67. The van der Waals surface area contributed by atoms with E-state index >= 15 is 0 Å². The summed E-state index contributed by atoms with van der Waals surface area (Å²) in [6, 6.07) is 3.70. The molecule has 1 aromatic heterocycles. The van der Waals surface area contributed by atoms with Crippen molar-refractivity contribution in [2.45, 2.75) is 25.4 Å². The number of nitrogens with zero attached hydrogens (tertiary/aromatic N) is 3. The molecular formula is C18H23BrN4O3. The number of ether oxygens (including phenoxy) is 1. The van der Waals surface area contributed by atoms with Crippen molar-refractivity contribution in [1.29, 1.82) is 0 Å². The quantitative estimate of drug-likeness (QED) is 0.766. The van der Waals surface area contributed by atoms with Crippen LogP contribution in [0.15, 0.2) is 33.8 Å². The molecule has 1 saturated heterocycles. The third kappa shape index (κ3) is 4.02. The number of aromatic hydroxyl groups is 1. The Morgan fingerprint density at radius 3 is 3.04 bits per heavy atom. The number of hydrogen-bond acceptors (Lipinski definition) is 6. The maximum absolute atomic E-state index is 12.3. The minimum atomic E-state index is -0.0732. The van der Waals surface area contributed by atoms with Gasteiger partial charge in [-0.05, 0) is 30.5 Å². The second kappa shape index (κ2) is 8.09. The van der Waals surface area contributed by atoms with Crippen LogP contribution < -0.4 is 20.5 Å². The van der Waals surface area contributed by atoms with Crippen LogP contribution in [0, 0.1) is 0 Å². The molecule has 1 aliphatic heterocycles. The van der Waals surface area contributed by atoms with Crippen LogP contribution in [-0.2, 0) is 13.6 Å². The molecule has 2 heterocycles. The molecule has 3 rings (SSSR count). The molecule has 0 bridgehead atoms. The largest absolute Gasteiger partial charge is 0.504 e. The second-order valence-electron chi connectivity index (χ2n) is 6.45. The Kier molecular flexibility index (Phi) is 5.83. The molecule has 0 amide bonds. The van der Waals surface area contributed by atoms with Gasteiger partial charge in [-0.2, -0.15) is 0 Å². The Labute approximate surface area is 160 Å². The monoisotopic (exact) mass is 422 g/mol. The van der Waals surface area contributed by atoms with E-state index in [4.69, 9.17) is 4.74 Å². The van der Waals surface area contributed by atoms with Gasteiger partial charge in [-0.15, -0.1) is 0 Å². The molecule has 0 spiro atoms. The van der Waals surface area contributed by atoms with E-state index in [0.717, 1.165) is 36.0 Å². The molecule has 2 aromatic rings. The van der Waals surface area contributed by atoms with Crippen LogP contribution >= 0.6 is 15.9 Å². The van der Waals surface area contributed by atoms with E-state index in [1.807, 2.05) is 4.90 Å². The number of piperidine rings is 1. The molecule has 0 saturated carbocycles. The maximum Gasteiger partial charge on any atom is 0.293 e. The highest BCUT2D eigenvalue weighted by Gasteiger charge is 2.23. The summed E-state index contributed by atoms with van der Waals surface area (Å²) < 4.78 is 7.55. The van der Waals surface area contributed by atoms with Gasteiger partial charge in [-0.3, -0.25) is 4.79 Å². The van der Waals surface area contributed by atoms with Gasteiger partial charge < -0.3 is 24.6 Å². The van der Waals surface area contributed by atoms with Crippen molar-refractivity contribution in [3.8, 4) is 11.5 Å². The lowest BCUT2D eigenvalue weighted by Crippen LogP contribution is -2.47. The van der Waals surface area contributed by atoms with Gasteiger partial charge in [0.05, 0.1) is 7.11 Å². The zero-order valence-corrected chi connectivity index (χ0v) is 16.5. The number of anilines is 1. The molecule has 1 aromatic carbocycles. The lowest BCUT2D eigenvalue weighted by molar-refractivity contribution is 0.372. The van der Waals surface area contributed by atoms with Crippen LogP contribution in [0.5, 0.6) is 11.5 Å².